The first kappa shape index (κ1) is 12.6. The molecular weight excluding hydrogens is 257 g/mol. The van der Waals surface area contributed by atoms with Crippen molar-refractivity contribution >= 4 is 38.7 Å². The fraction of sp³-hybridized carbons (Fsp3) is 0.333. The SMILES string of the molecule is CS(=O)(=O)CCNc1ccc(Cl)cc1Cl. The Bertz CT molecular complexity index is 445. The van der Waals surface area contributed by atoms with Gasteiger partial charge in [0.05, 0.1) is 16.5 Å². The molecule has 3 nitrogen and oxygen atoms in total. The monoisotopic (exact) mass is 267 g/mol. The van der Waals surface area contributed by atoms with E-state index in [1.807, 2.05) is 0 Å². The van der Waals surface area contributed by atoms with Crippen LogP contribution in [0.15, 0.2) is 18.2 Å². The van der Waals surface area contributed by atoms with Gasteiger partial charge in [0.2, 0.25) is 0 Å². The molecule has 0 fully saturated rings. The molecule has 0 bridgehead atoms. The number of benzene rings is 1. The van der Waals surface area contributed by atoms with Crippen molar-refractivity contribution in [3.05, 3.63) is 28.2 Å². The maximum atomic E-state index is 10.9. The zero-order valence-corrected chi connectivity index (χ0v) is 10.5. The van der Waals surface area contributed by atoms with E-state index in [0.717, 1.165) is 0 Å². The minimum absolute atomic E-state index is 0.0754. The second-order valence-corrected chi connectivity index (χ2v) is 6.28. The van der Waals surface area contributed by atoms with E-state index in [9.17, 15) is 8.42 Å². The Morgan fingerprint density at radius 1 is 1.33 bits per heavy atom. The topological polar surface area (TPSA) is 46.2 Å². The van der Waals surface area contributed by atoms with Gasteiger partial charge in [0.1, 0.15) is 9.84 Å². The van der Waals surface area contributed by atoms with E-state index in [-0.39, 0.29) is 5.75 Å². The Morgan fingerprint density at radius 2 is 2.00 bits per heavy atom. The van der Waals surface area contributed by atoms with E-state index in [0.29, 0.717) is 22.3 Å². The van der Waals surface area contributed by atoms with Crippen molar-refractivity contribution in [3.8, 4) is 0 Å². The fourth-order valence-electron chi connectivity index (χ4n) is 1.00. The van der Waals surface area contributed by atoms with Crippen molar-refractivity contribution in [1.29, 1.82) is 0 Å². The maximum absolute atomic E-state index is 10.9. The van der Waals surface area contributed by atoms with Crippen molar-refractivity contribution < 1.29 is 8.42 Å². The Morgan fingerprint density at radius 3 is 2.53 bits per heavy atom. The molecule has 0 spiro atoms. The number of anilines is 1. The largest absolute Gasteiger partial charge is 0.383 e. The first-order chi connectivity index (χ1) is 6.88. The van der Waals surface area contributed by atoms with Gasteiger partial charge in [-0.2, -0.15) is 0 Å². The van der Waals surface area contributed by atoms with Gasteiger partial charge < -0.3 is 5.32 Å². The molecule has 1 aromatic carbocycles. The minimum atomic E-state index is -2.95. The molecule has 0 saturated heterocycles. The van der Waals surface area contributed by atoms with Gasteiger partial charge in [-0.25, -0.2) is 8.42 Å². The number of sulfone groups is 1. The lowest BCUT2D eigenvalue weighted by atomic mass is 10.3. The molecule has 6 heteroatoms. The summed E-state index contributed by atoms with van der Waals surface area (Å²) in [6.07, 6.45) is 1.19. The zero-order chi connectivity index (χ0) is 11.5. The van der Waals surface area contributed by atoms with Crippen LogP contribution in [0.25, 0.3) is 0 Å². The van der Waals surface area contributed by atoms with Gasteiger partial charge in [-0.3, -0.25) is 0 Å². The third-order valence-electron chi connectivity index (χ3n) is 1.72. The number of hydrogen-bond acceptors (Lipinski definition) is 3. The van der Waals surface area contributed by atoms with E-state index < -0.39 is 9.84 Å². The summed E-state index contributed by atoms with van der Waals surface area (Å²) in [5.41, 5.74) is 0.685. The Kier molecular flexibility index (Phi) is 4.25. The van der Waals surface area contributed by atoms with Crippen LogP contribution in [-0.2, 0) is 9.84 Å². The minimum Gasteiger partial charge on any atom is -0.383 e. The Hall–Kier alpha value is -0.450. The normalized spacial score (nSPS) is 11.4. The van der Waals surface area contributed by atoms with Crippen LogP contribution in [0, 0.1) is 0 Å². The summed E-state index contributed by atoms with van der Waals surface area (Å²) in [5.74, 6) is 0.0754. The van der Waals surface area contributed by atoms with E-state index in [4.69, 9.17) is 23.2 Å². The molecule has 0 saturated carbocycles. The molecule has 0 unspecified atom stereocenters. The molecule has 0 aliphatic rings. The number of rotatable bonds is 4. The highest BCUT2D eigenvalue weighted by molar-refractivity contribution is 7.90. The van der Waals surface area contributed by atoms with E-state index in [2.05, 4.69) is 5.32 Å². The van der Waals surface area contributed by atoms with Crippen molar-refractivity contribution in [1.82, 2.24) is 0 Å². The van der Waals surface area contributed by atoms with Crippen molar-refractivity contribution in [2.75, 3.05) is 23.9 Å². The predicted molar refractivity (Wildman–Crippen MR) is 64.7 cm³/mol. The lowest BCUT2D eigenvalue weighted by molar-refractivity contribution is 0.602. The number of hydrogen-bond donors (Lipinski definition) is 1. The number of nitrogens with one attached hydrogen (secondary N) is 1. The van der Waals surface area contributed by atoms with E-state index >= 15 is 0 Å². The van der Waals surface area contributed by atoms with E-state index in [1.165, 1.54) is 6.26 Å². The summed E-state index contributed by atoms with van der Waals surface area (Å²) in [6.45, 7) is 0.334. The molecule has 1 rings (SSSR count). The second-order valence-electron chi connectivity index (χ2n) is 3.18. The average Bonchev–Trinajstić information content (AvgIpc) is 2.07. The van der Waals surface area contributed by atoms with Crippen LogP contribution in [0.4, 0.5) is 5.69 Å². The molecular formula is C9H11Cl2NO2S. The summed E-state index contributed by atoms with van der Waals surface area (Å²) in [6, 6.07) is 5.01. The van der Waals surface area contributed by atoms with Gasteiger partial charge in [0, 0.05) is 17.8 Å². The summed E-state index contributed by atoms with van der Waals surface area (Å²) in [4.78, 5) is 0. The molecule has 15 heavy (non-hydrogen) atoms. The highest BCUT2D eigenvalue weighted by Gasteiger charge is 2.03. The Balaban J connectivity index is 2.59. The highest BCUT2D eigenvalue weighted by Crippen LogP contribution is 2.24. The van der Waals surface area contributed by atoms with Crippen molar-refractivity contribution in [3.63, 3.8) is 0 Å². The molecule has 0 heterocycles. The quantitative estimate of drug-likeness (QED) is 0.912. The lowest BCUT2D eigenvalue weighted by Crippen LogP contribution is -2.14. The van der Waals surface area contributed by atoms with Crippen LogP contribution in [0.5, 0.6) is 0 Å². The molecule has 0 atom stereocenters. The summed E-state index contributed by atoms with van der Waals surface area (Å²) in [5, 5.41) is 3.96. The average molecular weight is 268 g/mol. The third-order valence-corrected chi connectivity index (χ3v) is 3.21. The van der Waals surface area contributed by atoms with Gasteiger partial charge in [-0.05, 0) is 18.2 Å². The van der Waals surface area contributed by atoms with E-state index in [1.54, 1.807) is 18.2 Å². The van der Waals surface area contributed by atoms with Crippen LogP contribution in [-0.4, -0.2) is 27.0 Å². The van der Waals surface area contributed by atoms with Gasteiger partial charge in [0.25, 0.3) is 0 Å². The van der Waals surface area contributed by atoms with Gasteiger partial charge in [0.15, 0.2) is 0 Å². The molecule has 0 aliphatic carbocycles. The molecule has 0 amide bonds. The molecule has 0 radical (unpaired) electrons. The molecule has 1 N–H and O–H groups in total. The van der Waals surface area contributed by atoms with Crippen LogP contribution in [0.1, 0.15) is 0 Å². The van der Waals surface area contributed by atoms with Crippen LogP contribution >= 0.6 is 23.2 Å². The number of halogens is 2. The van der Waals surface area contributed by atoms with Crippen molar-refractivity contribution in [2.24, 2.45) is 0 Å². The predicted octanol–water partition coefficient (Wildman–Crippen LogP) is 2.45. The fourth-order valence-corrected chi connectivity index (χ4v) is 1.95. The van der Waals surface area contributed by atoms with Crippen LogP contribution < -0.4 is 5.32 Å². The first-order valence-electron chi connectivity index (χ1n) is 4.25. The zero-order valence-electron chi connectivity index (χ0n) is 8.13. The highest BCUT2D eigenvalue weighted by atomic mass is 35.5. The van der Waals surface area contributed by atoms with Gasteiger partial charge in [-0.15, -0.1) is 0 Å². The molecule has 84 valence electrons. The smallest absolute Gasteiger partial charge is 0.149 e. The standard InChI is InChI=1S/C9H11Cl2NO2S/c1-15(13,14)5-4-12-9-3-2-7(10)6-8(9)11/h2-3,6,12H,4-5H2,1H3. The van der Waals surface area contributed by atoms with Gasteiger partial charge in [-0.1, -0.05) is 23.2 Å². The van der Waals surface area contributed by atoms with Crippen LogP contribution in [0.3, 0.4) is 0 Å². The molecule has 1 aromatic rings. The third kappa shape index (κ3) is 4.73. The summed E-state index contributed by atoms with van der Waals surface area (Å²) < 4.78 is 21.7. The molecule has 0 aromatic heterocycles. The summed E-state index contributed by atoms with van der Waals surface area (Å²) >= 11 is 11.6. The maximum Gasteiger partial charge on any atom is 0.149 e. The van der Waals surface area contributed by atoms with Gasteiger partial charge >= 0.3 is 0 Å². The molecule has 0 aliphatic heterocycles. The summed E-state index contributed by atoms with van der Waals surface area (Å²) in [7, 11) is -2.95. The Labute approximate surface area is 99.3 Å². The van der Waals surface area contributed by atoms with Crippen molar-refractivity contribution in [2.45, 2.75) is 0 Å². The second kappa shape index (κ2) is 5.05. The first-order valence-corrected chi connectivity index (χ1v) is 7.07. The lowest BCUT2D eigenvalue weighted by Gasteiger charge is -2.07. The van der Waals surface area contributed by atoms with Crippen LogP contribution in [0.2, 0.25) is 10.0 Å².